The summed E-state index contributed by atoms with van der Waals surface area (Å²) in [6.45, 7) is -1.29. The fraction of sp³-hybridized carbons (Fsp3) is 0.379. The Bertz CT molecular complexity index is 1560. The molecule has 0 fully saturated rings. The number of hydrogen-bond acceptors (Lipinski definition) is 11. The number of benzene rings is 2. The average molecular weight is 724 g/mol. The predicted molar refractivity (Wildman–Crippen MR) is 181 cm³/mol. The molecule has 49 heavy (non-hydrogen) atoms. The summed E-state index contributed by atoms with van der Waals surface area (Å²) in [5.74, 6) is -4.62. The molecule has 2 aromatic rings. The van der Waals surface area contributed by atoms with Gasteiger partial charge >= 0.3 is 0 Å². The van der Waals surface area contributed by atoms with Gasteiger partial charge in [-0.25, -0.2) is 23.6 Å². The number of aliphatic imine (C=N–C) groups is 1. The molecule has 12 N–H and O–H groups in total. The topological polar surface area (TPSA) is 297 Å². The highest BCUT2D eigenvalue weighted by molar-refractivity contribution is 7.98. The number of sulfonamides is 1. The molecule has 18 nitrogen and oxygen atoms in total. The van der Waals surface area contributed by atoms with E-state index in [4.69, 9.17) is 16.7 Å². The van der Waals surface area contributed by atoms with Crippen LogP contribution in [0.25, 0.3) is 0 Å². The summed E-state index contributed by atoms with van der Waals surface area (Å²) in [6, 6.07) is 10.1. The molecule has 0 spiro atoms. The largest absolute Gasteiger partial charge is 0.394 e. The van der Waals surface area contributed by atoms with Gasteiger partial charge in [-0.15, -0.1) is 0 Å². The van der Waals surface area contributed by atoms with Gasteiger partial charge in [0.25, 0.3) is 0 Å². The highest BCUT2D eigenvalue weighted by atomic mass is 32.2. The van der Waals surface area contributed by atoms with Crippen LogP contribution in [-0.2, 0) is 46.3 Å². The van der Waals surface area contributed by atoms with Gasteiger partial charge in [-0.2, -0.15) is 11.8 Å². The lowest BCUT2D eigenvalue weighted by atomic mass is 10.1. The molecule has 0 radical (unpaired) electrons. The Morgan fingerprint density at radius 3 is 2.08 bits per heavy atom. The molecular formula is C29H41N9O9S2. The first kappa shape index (κ1) is 40.4. The van der Waals surface area contributed by atoms with Gasteiger partial charge in [0, 0.05) is 6.54 Å². The van der Waals surface area contributed by atoms with E-state index in [1.165, 1.54) is 11.8 Å². The van der Waals surface area contributed by atoms with E-state index < -0.39 is 83.0 Å². The number of nitrogens with two attached hydrogens (primary N) is 2. The molecule has 0 aliphatic carbocycles. The number of nitrogens with zero attached hydrogens (tertiary/aromatic N) is 1. The van der Waals surface area contributed by atoms with Crippen molar-refractivity contribution in [2.75, 3.05) is 25.2 Å². The van der Waals surface area contributed by atoms with Crippen molar-refractivity contribution in [2.24, 2.45) is 16.5 Å². The minimum atomic E-state index is -4.12. The molecule has 0 saturated heterocycles. The van der Waals surface area contributed by atoms with Gasteiger partial charge in [0.05, 0.1) is 31.0 Å². The SMILES string of the molecule is CSCC[C@H](NC(=O)C(CC(N)=O)NC(=O)[C@H](CO)NS(=O)(=O)Cc1ccccc1)C(=O)NCC(=O)NCc1ccc(N=C(N)NO)cc1. The number of hydroxylamine groups is 1. The Hall–Kier alpha value is -4.76. The van der Waals surface area contributed by atoms with Crippen molar-refractivity contribution in [3.63, 3.8) is 0 Å². The zero-order valence-corrected chi connectivity index (χ0v) is 28.2. The Morgan fingerprint density at radius 2 is 1.49 bits per heavy atom. The molecule has 0 aliphatic heterocycles. The second kappa shape index (κ2) is 20.6. The van der Waals surface area contributed by atoms with Gasteiger partial charge in [-0.05, 0) is 41.7 Å². The Balaban J connectivity index is 2.01. The number of primary amides is 1. The predicted octanol–water partition coefficient (Wildman–Crippen LogP) is -2.58. The van der Waals surface area contributed by atoms with Crippen LogP contribution in [0.5, 0.6) is 0 Å². The first-order valence-corrected chi connectivity index (χ1v) is 17.7. The molecule has 20 heteroatoms. The van der Waals surface area contributed by atoms with E-state index in [1.54, 1.807) is 66.3 Å². The van der Waals surface area contributed by atoms with Crippen LogP contribution in [0.3, 0.4) is 0 Å². The smallest absolute Gasteiger partial charge is 0.243 e. The number of carbonyl (C=O) groups is 5. The maximum absolute atomic E-state index is 13.2. The maximum atomic E-state index is 13.2. The molecule has 0 heterocycles. The normalized spacial score (nSPS) is 13.3. The molecule has 1 unspecified atom stereocenters. The van der Waals surface area contributed by atoms with Gasteiger partial charge in [0.2, 0.25) is 45.5 Å². The number of carbonyl (C=O) groups excluding carboxylic acids is 5. The van der Waals surface area contributed by atoms with Gasteiger partial charge in [-0.1, -0.05) is 42.5 Å². The van der Waals surface area contributed by atoms with Gasteiger partial charge < -0.3 is 37.8 Å². The molecule has 2 aromatic carbocycles. The fourth-order valence-corrected chi connectivity index (χ4v) is 5.89. The molecule has 268 valence electrons. The zero-order chi connectivity index (χ0) is 36.4. The molecule has 0 aromatic heterocycles. The quantitative estimate of drug-likeness (QED) is 0.0383. The number of rotatable bonds is 20. The standard InChI is InChI=1S/C29H41N9O9S2/c1-48-12-11-21(26(42)33-15-25(41)32-14-18-7-9-20(10-8-18)34-29(31)37-45)35-27(43)22(13-24(30)40)36-28(44)23(16-39)38-49(46,47)17-19-5-3-2-4-6-19/h2-10,21-23,38-39,45H,11-17H2,1H3,(H2,30,40)(H,32,41)(H,33,42)(H,35,43)(H,36,44)(H3,31,34,37)/t21-,22?,23-/m0/s1. The van der Waals surface area contributed by atoms with E-state index in [0.717, 1.165) is 0 Å². The van der Waals surface area contributed by atoms with E-state index in [9.17, 15) is 37.5 Å². The Kier molecular flexibility index (Phi) is 17.0. The first-order valence-electron chi connectivity index (χ1n) is 14.7. The van der Waals surface area contributed by atoms with Crippen molar-refractivity contribution >= 4 is 63.0 Å². The monoisotopic (exact) mass is 723 g/mol. The first-order chi connectivity index (χ1) is 23.3. The summed E-state index contributed by atoms with van der Waals surface area (Å²) in [7, 11) is -4.12. The van der Waals surface area contributed by atoms with Crippen LogP contribution in [-0.4, -0.2) is 97.5 Å². The molecule has 2 rings (SSSR count). The fourth-order valence-electron chi connectivity index (χ4n) is 4.09. The number of guanidine groups is 1. The summed E-state index contributed by atoms with van der Waals surface area (Å²) >= 11 is 1.37. The third kappa shape index (κ3) is 15.3. The van der Waals surface area contributed by atoms with Crippen molar-refractivity contribution < 1.29 is 42.7 Å². The molecular weight excluding hydrogens is 683 g/mol. The minimum absolute atomic E-state index is 0.112. The number of thioether (sulfide) groups is 1. The molecule has 0 saturated carbocycles. The molecule has 0 aliphatic rings. The second-order valence-electron chi connectivity index (χ2n) is 10.4. The highest BCUT2D eigenvalue weighted by Crippen LogP contribution is 2.12. The lowest BCUT2D eigenvalue weighted by Gasteiger charge is -2.24. The third-order valence-electron chi connectivity index (χ3n) is 6.52. The van der Waals surface area contributed by atoms with Gasteiger partial charge in [0.15, 0.2) is 0 Å². The van der Waals surface area contributed by atoms with Crippen LogP contribution in [0.1, 0.15) is 24.0 Å². The van der Waals surface area contributed by atoms with E-state index >= 15 is 0 Å². The van der Waals surface area contributed by atoms with E-state index in [0.29, 0.717) is 22.6 Å². The van der Waals surface area contributed by atoms with Gasteiger partial charge in [0.1, 0.15) is 18.1 Å². The van der Waals surface area contributed by atoms with Crippen molar-refractivity contribution in [3.05, 3.63) is 65.7 Å². The summed E-state index contributed by atoms with van der Waals surface area (Å²) < 4.78 is 27.3. The Labute approximate surface area is 287 Å². The van der Waals surface area contributed by atoms with Gasteiger partial charge in [-0.3, -0.25) is 29.2 Å². The van der Waals surface area contributed by atoms with Crippen LogP contribution in [0, 0.1) is 0 Å². The molecule has 5 amide bonds. The summed E-state index contributed by atoms with van der Waals surface area (Å²) in [6.07, 6.45) is 1.18. The number of aliphatic hydroxyl groups excluding tert-OH is 1. The van der Waals surface area contributed by atoms with E-state index in [1.807, 2.05) is 0 Å². The summed E-state index contributed by atoms with van der Waals surface area (Å²) in [5, 5.41) is 28.2. The maximum Gasteiger partial charge on any atom is 0.243 e. The number of hydrogen-bond donors (Lipinski definition) is 10. The lowest BCUT2D eigenvalue weighted by molar-refractivity contribution is -0.134. The van der Waals surface area contributed by atoms with Crippen molar-refractivity contribution in [2.45, 2.75) is 43.3 Å². The van der Waals surface area contributed by atoms with Crippen LogP contribution >= 0.6 is 11.8 Å². The molecule has 3 atom stereocenters. The number of nitrogens with one attached hydrogen (secondary N) is 6. The van der Waals surface area contributed by atoms with E-state index in [-0.39, 0.29) is 18.9 Å². The van der Waals surface area contributed by atoms with Crippen molar-refractivity contribution in [3.8, 4) is 0 Å². The van der Waals surface area contributed by atoms with E-state index in [2.05, 4.69) is 31.0 Å². The van der Waals surface area contributed by atoms with Crippen molar-refractivity contribution in [1.29, 1.82) is 0 Å². The lowest BCUT2D eigenvalue weighted by Crippen LogP contribution is -2.58. The molecule has 0 bridgehead atoms. The minimum Gasteiger partial charge on any atom is -0.394 e. The summed E-state index contributed by atoms with van der Waals surface area (Å²) in [4.78, 5) is 67.2. The highest BCUT2D eigenvalue weighted by Gasteiger charge is 2.31. The van der Waals surface area contributed by atoms with Crippen LogP contribution < -0.4 is 42.9 Å². The number of aliphatic hydroxyl groups is 1. The van der Waals surface area contributed by atoms with Crippen LogP contribution in [0.15, 0.2) is 59.6 Å². The zero-order valence-electron chi connectivity index (χ0n) is 26.5. The van der Waals surface area contributed by atoms with Crippen LogP contribution in [0.4, 0.5) is 5.69 Å². The third-order valence-corrected chi connectivity index (χ3v) is 8.52. The average Bonchev–Trinajstić information content (AvgIpc) is 3.07. The van der Waals surface area contributed by atoms with Crippen molar-refractivity contribution in [1.82, 2.24) is 31.5 Å². The Morgan fingerprint density at radius 1 is 0.857 bits per heavy atom. The van der Waals surface area contributed by atoms with Crippen LogP contribution in [0.2, 0.25) is 0 Å². The number of amides is 5. The second-order valence-corrected chi connectivity index (χ2v) is 13.2. The summed E-state index contributed by atoms with van der Waals surface area (Å²) in [5.41, 5.74) is 14.0.